The summed E-state index contributed by atoms with van der Waals surface area (Å²) >= 11 is 0. The van der Waals surface area contributed by atoms with Crippen LogP contribution in [0.5, 0.6) is 5.75 Å². The summed E-state index contributed by atoms with van der Waals surface area (Å²) in [6.07, 6.45) is -0.138. The van der Waals surface area contributed by atoms with Gasteiger partial charge in [-0.05, 0) is 24.1 Å². The molecule has 94 valence electrons. The van der Waals surface area contributed by atoms with Crippen LogP contribution in [0, 0.1) is 11.3 Å². The Morgan fingerprint density at radius 1 is 1.50 bits per heavy atom. The molecule has 1 unspecified atom stereocenters. The maximum absolute atomic E-state index is 11.6. The first-order chi connectivity index (χ1) is 8.58. The fourth-order valence-corrected chi connectivity index (χ4v) is 2.14. The predicted octanol–water partition coefficient (Wildman–Crippen LogP) is 1.16. The van der Waals surface area contributed by atoms with Crippen LogP contribution in [0.3, 0.4) is 0 Å². The van der Waals surface area contributed by atoms with Crippen LogP contribution in [-0.2, 0) is 11.2 Å². The van der Waals surface area contributed by atoms with Crippen LogP contribution < -0.4 is 9.64 Å². The average molecular weight is 246 g/mol. The highest BCUT2D eigenvalue weighted by molar-refractivity contribution is 5.96. The van der Waals surface area contributed by atoms with Crippen molar-refractivity contribution in [2.75, 3.05) is 19.1 Å². The van der Waals surface area contributed by atoms with Crippen molar-refractivity contribution >= 4 is 11.6 Å². The summed E-state index contributed by atoms with van der Waals surface area (Å²) in [5.41, 5.74) is 2.11. The lowest BCUT2D eigenvalue weighted by Crippen LogP contribution is -2.31. The molecule has 1 aromatic rings. The van der Waals surface area contributed by atoms with Crippen molar-refractivity contribution in [2.45, 2.75) is 18.9 Å². The number of amides is 1. The molecule has 0 fully saturated rings. The molecule has 5 heteroatoms. The molecule has 18 heavy (non-hydrogen) atoms. The minimum absolute atomic E-state index is 0.0325. The fourth-order valence-electron chi connectivity index (χ4n) is 2.14. The third-order valence-corrected chi connectivity index (χ3v) is 3.19. The minimum Gasteiger partial charge on any atom is -0.496 e. The van der Waals surface area contributed by atoms with Gasteiger partial charge in [-0.3, -0.25) is 4.79 Å². The Bertz CT molecular complexity index is 534. The van der Waals surface area contributed by atoms with Crippen LogP contribution in [0.25, 0.3) is 0 Å². The molecule has 1 N–H and O–H groups in total. The molecule has 1 aliphatic heterocycles. The number of methoxy groups -OCH3 is 1. The van der Waals surface area contributed by atoms with Gasteiger partial charge in [-0.25, -0.2) is 0 Å². The summed E-state index contributed by atoms with van der Waals surface area (Å²) in [6.45, 7) is 0. The van der Waals surface area contributed by atoms with Gasteiger partial charge in [-0.2, -0.15) is 5.26 Å². The number of anilines is 1. The van der Waals surface area contributed by atoms with E-state index in [4.69, 9.17) is 10.00 Å². The first-order valence-corrected chi connectivity index (χ1v) is 5.63. The summed E-state index contributed by atoms with van der Waals surface area (Å²) in [7, 11) is 3.18. The van der Waals surface area contributed by atoms with Gasteiger partial charge in [0.25, 0.3) is 0 Å². The molecule has 0 spiro atoms. The van der Waals surface area contributed by atoms with Gasteiger partial charge in [0.05, 0.1) is 13.2 Å². The van der Waals surface area contributed by atoms with E-state index in [9.17, 15) is 9.90 Å². The van der Waals surface area contributed by atoms with Crippen molar-refractivity contribution in [3.05, 3.63) is 23.3 Å². The van der Waals surface area contributed by atoms with E-state index in [2.05, 4.69) is 0 Å². The van der Waals surface area contributed by atoms with Gasteiger partial charge in [0.15, 0.2) is 6.10 Å². The SMILES string of the molecule is COc1cc2c(cc1C(O)C#N)N(C)C(=O)CC2. The molecule has 0 saturated heterocycles. The Morgan fingerprint density at radius 3 is 2.83 bits per heavy atom. The molecule has 0 aliphatic carbocycles. The van der Waals surface area contributed by atoms with E-state index in [0.717, 1.165) is 11.3 Å². The number of rotatable bonds is 2. The van der Waals surface area contributed by atoms with E-state index in [0.29, 0.717) is 24.2 Å². The second-order valence-corrected chi connectivity index (χ2v) is 4.21. The Morgan fingerprint density at radius 2 is 2.22 bits per heavy atom. The lowest BCUT2D eigenvalue weighted by atomic mass is 9.97. The van der Waals surface area contributed by atoms with E-state index >= 15 is 0 Å². The van der Waals surface area contributed by atoms with Crippen LogP contribution in [0.4, 0.5) is 5.69 Å². The maximum atomic E-state index is 11.6. The summed E-state index contributed by atoms with van der Waals surface area (Å²) in [5, 5.41) is 18.4. The average Bonchev–Trinajstić information content (AvgIpc) is 2.41. The van der Waals surface area contributed by atoms with Gasteiger partial charge >= 0.3 is 0 Å². The van der Waals surface area contributed by atoms with E-state index in [1.807, 2.05) is 0 Å². The lowest BCUT2D eigenvalue weighted by molar-refractivity contribution is -0.118. The van der Waals surface area contributed by atoms with Crippen molar-refractivity contribution in [3.63, 3.8) is 0 Å². The van der Waals surface area contributed by atoms with Gasteiger partial charge < -0.3 is 14.7 Å². The zero-order valence-corrected chi connectivity index (χ0v) is 10.3. The molecular formula is C13H14N2O3. The van der Waals surface area contributed by atoms with Gasteiger partial charge in [-0.1, -0.05) is 0 Å². The van der Waals surface area contributed by atoms with Gasteiger partial charge in [0, 0.05) is 24.7 Å². The normalized spacial score (nSPS) is 15.9. The molecule has 1 amide bonds. The monoisotopic (exact) mass is 246 g/mol. The molecule has 0 bridgehead atoms. The zero-order chi connectivity index (χ0) is 13.3. The molecule has 0 aromatic heterocycles. The number of benzene rings is 1. The Labute approximate surface area is 105 Å². The predicted molar refractivity (Wildman–Crippen MR) is 65.3 cm³/mol. The molecule has 1 atom stereocenters. The number of hydrogen-bond acceptors (Lipinski definition) is 4. The van der Waals surface area contributed by atoms with Crippen molar-refractivity contribution in [3.8, 4) is 11.8 Å². The van der Waals surface area contributed by atoms with Crippen molar-refractivity contribution < 1.29 is 14.6 Å². The number of nitrogens with zero attached hydrogens (tertiary/aromatic N) is 2. The van der Waals surface area contributed by atoms with Crippen molar-refractivity contribution in [1.29, 1.82) is 5.26 Å². The van der Waals surface area contributed by atoms with Crippen LogP contribution in [0.1, 0.15) is 23.7 Å². The summed E-state index contributed by atoms with van der Waals surface area (Å²) in [6, 6.07) is 5.20. The summed E-state index contributed by atoms with van der Waals surface area (Å²) < 4.78 is 5.18. The topological polar surface area (TPSA) is 73.6 Å². The molecule has 2 rings (SSSR count). The number of carbonyl (C=O) groups excluding carboxylic acids is 1. The molecule has 5 nitrogen and oxygen atoms in total. The standard InChI is InChI=1S/C13H14N2O3/c1-15-10-6-9(11(16)7-14)12(18-2)5-8(10)3-4-13(15)17/h5-6,11,16H,3-4H2,1-2H3. The Kier molecular flexibility index (Phi) is 3.21. The number of hydrogen-bond donors (Lipinski definition) is 1. The molecule has 1 aromatic carbocycles. The number of ether oxygens (including phenoxy) is 1. The number of aliphatic hydroxyl groups is 1. The highest BCUT2D eigenvalue weighted by Crippen LogP contribution is 2.35. The van der Waals surface area contributed by atoms with E-state index in [1.165, 1.54) is 7.11 Å². The molecule has 0 radical (unpaired) electrons. The second kappa shape index (κ2) is 4.67. The molecule has 1 aliphatic rings. The van der Waals surface area contributed by atoms with Crippen molar-refractivity contribution in [1.82, 2.24) is 0 Å². The molecule has 1 heterocycles. The largest absolute Gasteiger partial charge is 0.496 e. The lowest BCUT2D eigenvalue weighted by Gasteiger charge is -2.27. The third kappa shape index (κ3) is 1.91. The first kappa shape index (κ1) is 12.4. The maximum Gasteiger partial charge on any atom is 0.227 e. The van der Waals surface area contributed by atoms with E-state index in [-0.39, 0.29) is 5.91 Å². The second-order valence-electron chi connectivity index (χ2n) is 4.21. The van der Waals surface area contributed by atoms with Gasteiger partial charge in [0.2, 0.25) is 5.91 Å². The van der Waals surface area contributed by atoms with E-state index in [1.54, 1.807) is 30.1 Å². The number of aliphatic hydroxyl groups excluding tert-OH is 1. The van der Waals surface area contributed by atoms with Crippen LogP contribution in [-0.4, -0.2) is 25.2 Å². The van der Waals surface area contributed by atoms with E-state index < -0.39 is 6.10 Å². The quantitative estimate of drug-likeness (QED) is 0.795. The number of aryl methyl sites for hydroxylation is 1. The first-order valence-electron chi connectivity index (χ1n) is 5.63. The highest BCUT2D eigenvalue weighted by atomic mass is 16.5. The number of nitriles is 1. The number of carbonyl (C=O) groups is 1. The van der Waals surface area contributed by atoms with Crippen LogP contribution in [0.2, 0.25) is 0 Å². The van der Waals surface area contributed by atoms with Crippen LogP contribution in [0.15, 0.2) is 12.1 Å². The Balaban J connectivity index is 2.57. The molecule has 0 saturated carbocycles. The van der Waals surface area contributed by atoms with Gasteiger partial charge in [-0.15, -0.1) is 0 Å². The van der Waals surface area contributed by atoms with Gasteiger partial charge in [0.1, 0.15) is 5.75 Å². The fraction of sp³-hybridized carbons (Fsp3) is 0.385. The third-order valence-electron chi connectivity index (χ3n) is 3.19. The summed E-state index contributed by atoms with van der Waals surface area (Å²) in [4.78, 5) is 13.2. The minimum atomic E-state index is -1.25. The zero-order valence-electron chi connectivity index (χ0n) is 10.3. The van der Waals surface area contributed by atoms with Crippen molar-refractivity contribution in [2.24, 2.45) is 0 Å². The smallest absolute Gasteiger partial charge is 0.227 e. The van der Waals surface area contributed by atoms with Crippen LogP contribution >= 0.6 is 0 Å². The number of fused-ring (bicyclic) bond motifs is 1. The molecular weight excluding hydrogens is 232 g/mol. The highest BCUT2D eigenvalue weighted by Gasteiger charge is 2.24. The summed E-state index contributed by atoms with van der Waals surface area (Å²) in [5.74, 6) is 0.510. The Hall–Kier alpha value is -2.06.